The van der Waals surface area contributed by atoms with E-state index < -0.39 is 5.97 Å². The molecule has 4 N–H and O–H groups in total. The van der Waals surface area contributed by atoms with Crippen molar-refractivity contribution in [2.75, 3.05) is 40.3 Å². The van der Waals surface area contributed by atoms with Gasteiger partial charge in [0.05, 0.1) is 29.1 Å². The maximum atomic E-state index is 12.6. The Morgan fingerprint density at radius 3 is 2.46 bits per heavy atom. The van der Waals surface area contributed by atoms with E-state index in [2.05, 4.69) is 34.4 Å². The van der Waals surface area contributed by atoms with Gasteiger partial charge in [-0.25, -0.2) is 15.3 Å². The van der Waals surface area contributed by atoms with Crippen molar-refractivity contribution in [3.63, 3.8) is 0 Å². The molecule has 1 aromatic heterocycles. The zero-order chi connectivity index (χ0) is 28.9. The van der Waals surface area contributed by atoms with Crippen LogP contribution in [0.3, 0.4) is 0 Å². The van der Waals surface area contributed by atoms with Gasteiger partial charge in [-0.3, -0.25) is 14.5 Å². The first-order valence-corrected chi connectivity index (χ1v) is 13.4. The molecule has 0 aliphatic carbocycles. The smallest absolute Gasteiger partial charge is 0.335 e. The third kappa shape index (κ3) is 6.46. The van der Waals surface area contributed by atoms with Crippen molar-refractivity contribution >= 4 is 34.2 Å². The summed E-state index contributed by atoms with van der Waals surface area (Å²) >= 11 is 0. The van der Waals surface area contributed by atoms with Crippen LogP contribution >= 0.6 is 0 Å². The van der Waals surface area contributed by atoms with Crippen LogP contribution in [0.25, 0.3) is 10.9 Å². The lowest BCUT2D eigenvalue weighted by atomic mass is 10.00. The summed E-state index contributed by atoms with van der Waals surface area (Å²) in [6.07, 6.45) is 1.13. The van der Waals surface area contributed by atoms with Gasteiger partial charge >= 0.3 is 5.97 Å². The fourth-order valence-electron chi connectivity index (χ4n) is 5.02. The molecule has 212 valence electrons. The number of aromatic carboxylic acids is 1. The molecule has 0 bridgehead atoms. The number of likely N-dealkylation sites (N-methyl/N-ethyl adjacent to an activating group) is 1. The Bertz CT molecular complexity index is 1560. The summed E-state index contributed by atoms with van der Waals surface area (Å²) in [5.41, 5.74) is 5.81. The summed E-state index contributed by atoms with van der Waals surface area (Å²) in [5.74, 6) is -1.52. The summed E-state index contributed by atoms with van der Waals surface area (Å²) in [4.78, 5) is 41.7. The number of fused-ring (bicyclic) bond motifs is 1. The van der Waals surface area contributed by atoms with Crippen LogP contribution in [-0.4, -0.2) is 89.0 Å². The summed E-state index contributed by atoms with van der Waals surface area (Å²) in [6.45, 7) is 3.17. The lowest BCUT2D eigenvalue weighted by molar-refractivity contribution is 0.0239. The summed E-state index contributed by atoms with van der Waals surface area (Å²) < 4.78 is 0. The molecule has 4 aromatic rings. The van der Waals surface area contributed by atoms with Crippen molar-refractivity contribution in [1.29, 1.82) is 0 Å². The average Bonchev–Trinajstić information content (AvgIpc) is 3.58. The molecule has 0 radical (unpaired) electrons. The van der Waals surface area contributed by atoms with Gasteiger partial charge in [0.2, 0.25) is 0 Å². The molecule has 41 heavy (non-hydrogen) atoms. The highest BCUT2D eigenvalue weighted by molar-refractivity contribution is 6.22. The Hall–Kier alpha value is -4.51. The van der Waals surface area contributed by atoms with E-state index in [0.717, 1.165) is 31.6 Å². The Morgan fingerprint density at radius 1 is 1.05 bits per heavy atom. The predicted octanol–water partition coefficient (Wildman–Crippen LogP) is 4.04. The van der Waals surface area contributed by atoms with Gasteiger partial charge in [-0.1, -0.05) is 36.4 Å². The fourth-order valence-corrected chi connectivity index (χ4v) is 5.02. The van der Waals surface area contributed by atoms with E-state index in [9.17, 15) is 19.8 Å². The van der Waals surface area contributed by atoms with Gasteiger partial charge in [-0.05, 0) is 63.5 Å². The number of likely N-dealkylation sites (tertiary alicyclic amines) is 1. The highest BCUT2D eigenvalue weighted by atomic mass is 16.7. The normalized spacial score (nSPS) is 16.0. The number of aromatic nitrogens is 1. The van der Waals surface area contributed by atoms with Crippen molar-refractivity contribution in [2.24, 2.45) is 4.99 Å². The zero-order valence-corrected chi connectivity index (χ0v) is 23.0. The van der Waals surface area contributed by atoms with Gasteiger partial charge in [-0.2, -0.15) is 0 Å². The molecule has 0 unspecified atom stereocenters. The standard InChI is InChI=1S/C31H33N5O5/c1-35(2)24-14-15-36(19-24)16-17-41-34-29(37)21-8-11-23(12-9-21)32-28(20-6-4-3-5-7-20)27-25-13-10-22(31(39)40)18-26(25)33-30(27)38/h3-13,18,24,33,38H,14-17,19H2,1-2H3,(H,34,37)(H,39,40)/t24-/m0/s1. The van der Waals surface area contributed by atoms with Gasteiger partial charge in [0, 0.05) is 41.2 Å². The minimum Gasteiger partial charge on any atom is -0.494 e. The molecule has 10 nitrogen and oxygen atoms in total. The lowest BCUT2D eigenvalue weighted by Gasteiger charge is -2.20. The fraction of sp³-hybridized carbons (Fsp3) is 0.258. The third-order valence-corrected chi connectivity index (χ3v) is 7.33. The Labute approximate surface area is 237 Å². The van der Waals surface area contributed by atoms with Crippen LogP contribution in [0.2, 0.25) is 0 Å². The van der Waals surface area contributed by atoms with Crippen molar-refractivity contribution < 1.29 is 24.6 Å². The first-order valence-electron chi connectivity index (χ1n) is 13.4. The molecule has 1 fully saturated rings. The largest absolute Gasteiger partial charge is 0.494 e. The highest BCUT2D eigenvalue weighted by Crippen LogP contribution is 2.32. The van der Waals surface area contributed by atoms with Crippen LogP contribution in [0, 0.1) is 0 Å². The molecule has 1 amide bonds. The molecule has 2 heterocycles. The number of hydrogen-bond acceptors (Lipinski definition) is 7. The SMILES string of the molecule is CN(C)[C@H]1CCN(CCONC(=O)c2ccc(N=C(c3ccccc3)c3c(O)[nH]c4cc(C(=O)O)ccc34)cc2)C1. The lowest BCUT2D eigenvalue weighted by Crippen LogP contribution is -2.34. The topological polar surface area (TPSA) is 130 Å². The monoisotopic (exact) mass is 555 g/mol. The zero-order valence-electron chi connectivity index (χ0n) is 23.0. The Kier molecular flexibility index (Phi) is 8.44. The number of rotatable bonds is 10. The van der Waals surface area contributed by atoms with Gasteiger partial charge in [0.15, 0.2) is 5.88 Å². The molecular weight excluding hydrogens is 522 g/mol. The number of carbonyl (C=O) groups excluding carboxylic acids is 1. The van der Waals surface area contributed by atoms with Gasteiger partial charge in [-0.15, -0.1) is 0 Å². The second-order valence-electron chi connectivity index (χ2n) is 10.3. The van der Waals surface area contributed by atoms with E-state index in [4.69, 9.17) is 9.83 Å². The molecule has 10 heteroatoms. The minimum atomic E-state index is -1.06. The number of nitrogens with zero attached hydrogens (tertiary/aromatic N) is 3. The van der Waals surface area contributed by atoms with E-state index in [-0.39, 0.29) is 17.4 Å². The maximum absolute atomic E-state index is 12.6. The molecule has 0 spiro atoms. The predicted molar refractivity (Wildman–Crippen MR) is 157 cm³/mol. The molecule has 5 rings (SSSR count). The van der Waals surface area contributed by atoms with E-state index in [1.54, 1.807) is 30.3 Å². The summed E-state index contributed by atoms with van der Waals surface area (Å²) in [5, 5.41) is 20.8. The second-order valence-corrected chi connectivity index (χ2v) is 10.3. The van der Waals surface area contributed by atoms with Crippen molar-refractivity contribution in [2.45, 2.75) is 12.5 Å². The van der Waals surface area contributed by atoms with Gasteiger partial charge in [0.25, 0.3) is 5.91 Å². The second kappa shape index (κ2) is 12.3. The number of benzene rings is 3. The van der Waals surface area contributed by atoms with E-state index in [0.29, 0.717) is 46.1 Å². The van der Waals surface area contributed by atoms with Crippen LogP contribution in [0.5, 0.6) is 5.88 Å². The average molecular weight is 556 g/mol. The van der Waals surface area contributed by atoms with Gasteiger partial charge < -0.3 is 20.1 Å². The molecule has 1 saturated heterocycles. The Balaban J connectivity index is 1.31. The quantitative estimate of drug-likeness (QED) is 0.132. The number of carboxylic acids is 1. The number of aromatic amines is 1. The maximum Gasteiger partial charge on any atom is 0.335 e. The number of aliphatic imine (C=N–C) groups is 1. The molecule has 3 aromatic carbocycles. The number of hydroxylamine groups is 1. The van der Waals surface area contributed by atoms with E-state index >= 15 is 0 Å². The number of aromatic hydroxyl groups is 1. The number of nitrogens with one attached hydrogen (secondary N) is 2. The number of hydrogen-bond donors (Lipinski definition) is 4. The van der Waals surface area contributed by atoms with Crippen molar-refractivity contribution in [1.82, 2.24) is 20.3 Å². The number of carbonyl (C=O) groups is 2. The molecule has 0 saturated carbocycles. The van der Waals surface area contributed by atoms with Crippen LogP contribution in [0.15, 0.2) is 77.8 Å². The molecule has 1 aliphatic rings. The number of carboxylic acid groups (broad SMARTS) is 1. The van der Waals surface area contributed by atoms with Crippen LogP contribution < -0.4 is 5.48 Å². The summed E-state index contributed by atoms with van der Waals surface area (Å²) in [7, 11) is 4.18. The molecule has 1 aliphatic heterocycles. The van der Waals surface area contributed by atoms with Crippen molar-refractivity contribution in [3.8, 4) is 5.88 Å². The van der Waals surface area contributed by atoms with E-state index in [1.807, 2.05) is 30.3 Å². The Morgan fingerprint density at radius 2 is 1.78 bits per heavy atom. The summed E-state index contributed by atoms with van der Waals surface area (Å²) in [6, 6.07) is 21.3. The number of H-pyrrole nitrogens is 1. The molecule has 1 atom stereocenters. The van der Waals surface area contributed by atoms with Crippen molar-refractivity contribution in [3.05, 3.63) is 95.1 Å². The van der Waals surface area contributed by atoms with Crippen LogP contribution in [-0.2, 0) is 4.84 Å². The first kappa shape index (κ1) is 28.0. The third-order valence-electron chi connectivity index (χ3n) is 7.33. The molecular formula is C31H33N5O5. The highest BCUT2D eigenvalue weighted by Gasteiger charge is 2.23. The van der Waals surface area contributed by atoms with Gasteiger partial charge in [0.1, 0.15) is 0 Å². The number of amides is 1. The minimum absolute atomic E-state index is 0.107. The van der Waals surface area contributed by atoms with Crippen LogP contribution in [0.4, 0.5) is 5.69 Å². The van der Waals surface area contributed by atoms with E-state index in [1.165, 1.54) is 12.1 Å². The van der Waals surface area contributed by atoms with Crippen LogP contribution in [0.1, 0.15) is 38.3 Å². The first-order chi connectivity index (χ1) is 19.8.